The quantitative estimate of drug-likeness (QED) is 0.523. The fourth-order valence-electron chi connectivity index (χ4n) is 2.87. The third kappa shape index (κ3) is 4.20. The van der Waals surface area contributed by atoms with Gasteiger partial charge in [-0.25, -0.2) is 15.0 Å². The highest BCUT2D eigenvalue weighted by atomic mass is 35.5. The maximum absolute atomic E-state index is 6.14. The van der Waals surface area contributed by atoms with E-state index >= 15 is 0 Å². The van der Waals surface area contributed by atoms with Crippen LogP contribution in [-0.2, 0) is 6.54 Å². The molecule has 2 aromatic heterocycles. The second-order valence-electron chi connectivity index (χ2n) is 6.22. The van der Waals surface area contributed by atoms with Gasteiger partial charge < -0.3 is 20.1 Å². The zero-order valence-electron chi connectivity index (χ0n) is 15.1. The predicted octanol–water partition coefficient (Wildman–Crippen LogP) is 1.82. The summed E-state index contributed by atoms with van der Waals surface area (Å²) in [4.78, 5) is 21.5. The molecule has 0 atom stereocenters. The monoisotopic (exact) mass is 398 g/mol. The van der Waals surface area contributed by atoms with Crippen LogP contribution >= 0.6 is 11.6 Å². The molecule has 0 bridgehead atoms. The summed E-state index contributed by atoms with van der Waals surface area (Å²) in [5, 5.41) is 4.63. The molecule has 1 aliphatic heterocycles. The Bertz CT molecular complexity index is 936. The Labute approximate surface area is 166 Å². The van der Waals surface area contributed by atoms with Crippen molar-refractivity contribution in [2.24, 2.45) is 10.7 Å². The van der Waals surface area contributed by atoms with E-state index in [1.165, 1.54) is 0 Å². The number of hydrogen-bond donors (Lipinski definition) is 1. The lowest BCUT2D eigenvalue weighted by atomic mass is 10.2. The van der Waals surface area contributed by atoms with Crippen molar-refractivity contribution in [3.63, 3.8) is 0 Å². The Balaban J connectivity index is 1.33. The summed E-state index contributed by atoms with van der Waals surface area (Å²) in [6, 6.07) is 9.04. The fourth-order valence-corrected chi connectivity index (χ4v) is 3.00. The molecule has 0 amide bonds. The molecular weight excluding hydrogens is 380 g/mol. The van der Waals surface area contributed by atoms with E-state index in [4.69, 9.17) is 21.9 Å². The molecule has 0 saturated carbocycles. The Morgan fingerprint density at radius 3 is 2.54 bits per heavy atom. The van der Waals surface area contributed by atoms with E-state index in [2.05, 4.69) is 30.0 Å². The van der Waals surface area contributed by atoms with Gasteiger partial charge in [0.25, 0.3) is 0 Å². The molecule has 3 heterocycles. The lowest BCUT2D eigenvalue weighted by Gasteiger charge is -2.35. The average molecular weight is 399 g/mol. The van der Waals surface area contributed by atoms with Gasteiger partial charge >= 0.3 is 0 Å². The summed E-state index contributed by atoms with van der Waals surface area (Å²) >= 11 is 5.90. The number of hydrogen-bond acceptors (Lipinski definition) is 7. The molecule has 28 heavy (non-hydrogen) atoms. The van der Waals surface area contributed by atoms with Crippen LogP contribution in [0.15, 0.2) is 52.2 Å². The minimum Gasteiger partial charge on any atom is -0.370 e. The van der Waals surface area contributed by atoms with Crippen molar-refractivity contribution in [1.29, 1.82) is 0 Å². The Kier molecular flexibility index (Phi) is 5.34. The second kappa shape index (κ2) is 8.22. The highest BCUT2D eigenvalue weighted by Crippen LogP contribution is 2.19. The van der Waals surface area contributed by atoms with E-state index < -0.39 is 0 Å². The maximum Gasteiger partial charge on any atom is 0.248 e. The van der Waals surface area contributed by atoms with Crippen LogP contribution in [0.25, 0.3) is 11.4 Å². The molecule has 144 valence electrons. The van der Waals surface area contributed by atoms with Gasteiger partial charge in [0, 0.05) is 49.2 Å². The van der Waals surface area contributed by atoms with Crippen LogP contribution in [0.4, 0.5) is 5.95 Å². The number of rotatable bonds is 4. The van der Waals surface area contributed by atoms with Crippen molar-refractivity contribution < 1.29 is 4.52 Å². The van der Waals surface area contributed by atoms with Crippen molar-refractivity contribution >= 4 is 23.5 Å². The van der Waals surface area contributed by atoms with E-state index in [0.29, 0.717) is 22.7 Å². The molecule has 10 heteroatoms. The number of aliphatic imine (C=N–C) groups is 1. The van der Waals surface area contributed by atoms with Crippen LogP contribution in [0, 0.1) is 0 Å². The summed E-state index contributed by atoms with van der Waals surface area (Å²) in [5.41, 5.74) is 6.97. The van der Waals surface area contributed by atoms with Gasteiger partial charge in [-0.15, -0.1) is 0 Å². The molecule has 1 aliphatic rings. The molecule has 4 rings (SSSR count). The van der Waals surface area contributed by atoms with Crippen LogP contribution in [0.1, 0.15) is 5.89 Å². The molecule has 9 nitrogen and oxygen atoms in total. The van der Waals surface area contributed by atoms with Gasteiger partial charge in [-0.3, -0.25) is 0 Å². The van der Waals surface area contributed by atoms with Crippen LogP contribution < -0.4 is 10.6 Å². The second-order valence-corrected chi connectivity index (χ2v) is 6.65. The molecule has 0 spiro atoms. The molecule has 1 saturated heterocycles. The summed E-state index contributed by atoms with van der Waals surface area (Å²) in [5.74, 6) is 2.10. The van der Waals surface area contributed by atoms with Crippen molar-refractivity contribution in [2.75, 3.05) is 31.1 Å². The first kappa shape index (κ1) is 18.2. The van der Waals surface area contributed by atoms with Crippen molar-refractivity contribution in [2.45, 2.75) is 6.54 Å². The number of benzene rings is 1. The third-order valence-corrected chi connectivity index (χ3v) is 4.64. The Hall–Kier alpha value is -3.20. The van der Waals surface area contributed by atoms with E-state index in [-0.39, 0.29) is 6.54 Å². The largest absolute Gasteiger partial charge is 0.370 e. The number of nitrogens with zero attached hydrogens (tertiary/aromatic N) is 7. The van der Waals surface area contributed by atoms with Gasteiger partial charge in [-0.1, -0.05) is 16.8 Å². The van der Waals surface area contributed by atoms with Gasteiger partial charge in [0.1, 0.15) is 6.54 Å². The summed E-state index contributed by atoms with van der Waals surface area (Å²) in [6.45, 7) is 3.28. The topological polar surface area (TPSA) is 110 Å². The maximum atomic E-state index is 6.14. The molecular formula is C18H19ClN8O. The number of piperazine rings is 1. The first-order chi connectivity index (χ1) is 13.7. The Morgan fingerprint density at radius 2 is 1.82 bits per heavy atom. The number of halogens is 1. The first-order valence-electron chi connectivity index (χ1n) is 8.84. The smallest absolute Gasteiger partial charge is 0.248 e. The molecule has 3 aromatic rings. The van der Waals surface area contributed by atoms with Crippen molar-refractivity contribution in [1.82, 2.24) is 25.0 Å². The zero-order valence-corrected chi connectivity index (χ0v) is 15.8. The summed E-state index contributed by atoms with van der Waals surface area (Å²) in [7, 11) is 0. The first-order valence-corrected chi connectivity index (χ1v) is 9.22. The van der Waals surface area contributed by atoms with Gasteiger partial charge in [0.2, 0.25) is 17.7 Å². The molecule has 1 fully saturated rings. The van der Waals surface area contributed by atoms with Crippen molar-refractivity contribution in [3.8, 4) is 11.4 Å². The highest BCUT2D eigenvalue weighted by Gasteiger charge is 2.20. The minimum atomic E-state index is 0.231. The molecule has 2 N–H and O–H groups in total. The minimum absolute atomic E-state index is 0.231. The highest BCUT2D eigenvalue weighted by molar-refractivity contribution is 6.30. The van der Waals surface area contributed by atoms with Gasteiger partial charge in [-0.2, -0.15) is 4.98 Å². The SMILES string of the molecule is NC(=NCc1nc(-c2ccc(Cl)cc2)no1)N1CCN(c2ncccn2)CC1. The Morgan fingerprint density at radius 1 is 1.11 bits per heavy atom. The average Bonchev–Trinajstić information content (AvgIpc) is 3.22. The molecule has 0 aliphatic carbocycles. The van der Waals surface area contributed by atoms with Gasteiger partial charge in [-0.05, 0) is 30.3 Å². The predicted molar refractivity (Wildman–Crippen MR) is 106 cm³/mol. The van der Waals surface area contributed by atoms with E-state index in [1.807, 2.05) is 17.0 Å². The zero-order chi connectivity index (χ0) is 19.3. The summed E-state index contributed by atoms with van der Waals surface area (Å²) < 4.78 is 5.26. The third-order valence-electron chi connectivity index (χ3n) is 4.39. The number of aromatic nitrogens is 4. The van der Waals surface area contributed by atoms with E-state index in [1.54, 1.807) is 30.6 Å². The lowest BCUT2D eigenvalue weighted by Crippen LogP contribution is -2.51. The lowest BCUT2D eigenvalue weighted by molar-refractivity contribution is 0.368. The molecule has 0 radical (unpaired) electrons. The molecule has 0 unspecified atom stereocenters. The van der Waals surface area contributed by atoms with Gasteiger partial charge in [0.15, 0.2) is 5.96 Å². The van der Waals surface area contributed by atoms with Crippen LogP contribution in [-0.4, -0.2) is 57.1 Å². The van der Waals surface area contributed by atoms with Crippen LogP contribution in [0.5, 0.6) is 0 Å². The fraction of sp³-hybridized carbons (Fsp3) is 0.278. The summed E-state index contributed by atoms with van der Waals surface area (Å²) in [6.07, 6.45) is 3.49. The van der Waals surface area contributed by atoms with Crippen LogP contribution in [0.3, 0.4) is 0 Å². The molecule has 1 aromatic carbocycles. The number of guanidine groups is 1. The number of nitrogens with two attached hydrogens (primary N) is 1. The van der Waals surface area contributed by atoms with E-state index in [0.717, 1.165) is 37.7 Å². The van der Waals surface area contributed by atoms with Gasteiger partial charge in [0.05, 0.1) is 0 Å². The standard InChI is InChI=1S/C18H19ClN8O/c19-14-4-2-13(3-5-14)16-24-15(28-25-16)12-23-17(20)26-8-10-27(11-9-26)18-21-6-1-7-22-18/h1-7H,8-12H2,(H2,20,23). The van der Waals surface area contributed by atoms with E-state index in [9.17, 15) is 0 Å². The number of anilines is 1. The van der Waals surface area contributed by atoms with Crippen molar-refractivity contribution in [3.05, 3.63) is 53.6 Å². The normalized spacial score (nSPS) is 15.1. The van der Waals surface area contributed by atoms with Crippen LogP contribution in [0.2, 0.25) is 5.02 Å².